The van der Waals surface area contributed by atoms with Gasteiger partial charge >= 0.3 is 36.4 Å². The third-order valence-electron chi connectivity index (χ3n) is 6.62. The highest BCUT2D eigenvalue weighted by Crippen LogP contribution is 2.44. The van der Waals surface area contributed by atoms with Crippen molar-refractivity contribution in [1.29, 1.82) is 0 Å². The Bertz CT molecular complexity index is 1240. The molecular formula is C28H32F9N3O7. The van der Waals surface area contributed by atoms with Crippen LogP contribution in [0.4, 0.5) is 39.5 Å². The average molecular weight is 694 g/mol. The number of nitrogens with one attached hydrogen (secondary N) is 1. The Morgan fingerprint density at radius 3 is 1.70 bits per heavy atom. The van der Waals surface area contributed by atoms with Crippen LogP contribution in [0.1, 0.15) is 50.4 Å². The van der Waals surface area contributed by atoms with Gasteiger partial charge in [-0.2, -0.15) is 39.5 Å². The SMILES string of the molecule is CC(C)N1CCC2(CC1)CC(NCc1ccccn1)c1ccccc1O2.O=C(O)C(F)(F)F.O=C(O)C(F)(F)F.O=C(O)C(F)(F)F. The van der Waals surface area contributed by atoms with Crippen molar-refractivity contribution in [2.24, 2.45) is 0 Å². The molecule has 1 unspecified atom stereocenters. The number of fused-ring (bicyclic) bond motifs is 1. The van der Waals surface area contributed by atoms with Crippen LogP contribution in [0.3, 0.4) is 0 Å². The average Bonchev–Trinajstić information content (AvgIpc) is 2.96. The van der Waals surface area contributed by atoms with Gasteiger partial charge < -0.3 is 30.3 Å². The summed E-state index contributed by atoms with van der Waals surface area (Å²) < 4.78 is 102. The molecule has 19 heteroatoms. The highest BCUT2D eigenvalue weighted by molar-refractivity contribution is 5.73. The summed E-state index contributed by atoms with van der Waals surface area (Å²) in [7, 11) is 0. The van der Waals surface area contributed by atoms with Crippen molar-refractivity contribution in [3.05, 3.63) is 59.9 Å². The standard InChI is InChI=1S/C22H29N3O.3C2HF3O2/c1-17(2)25-13-10-22(11-14-25)15-20(19-8-3-4-9-21(19)26-22)24-16-18-7-5-6-12-23-18;3*3-2(4,5)1(6)7/h3-9,12,17,20,24H,10-11,13-16H2,1-2H3;3*(H,6,7). The molecule has 1 aromatic heterocycles. The van der Waals surface area contributed by atoms with Crippen LogP contribution in [0.5, 0.6) is 5.75 Å². The Kier molecular flexibility index (Phi) is 14.9. The zero-order valence-corrected chi connectivity index (χ0v) is 24.8. The maximum Gasteiger partial charge on any atom is 0.490 e. The van der Waals surface area contributed by atoms with Crippen LogP contribution in [-0.2, 0) is 20.9 Å². The number of rotatable bonds is 4. The number of hydrogen-bond donors (Lipinski definition) is 4. The monoisotopic (exact) mass is 693 g/mol. The summed E-state index contributed by atoms with van der Waals surface area (Å²) >= 11 is 0. The molecule has 47 heavy (non-hydrogen) atoms. The van der Waals surface area contributed by atoms with Crippen LogP contribution < -0.4 is 10.1 Å². The summed E-state index contributed by atoms with van der Waals surface area (Å²) in [5.41, 5.74) is 2.32. The van der Waals surface area contributed by atoms with E-state index in [1.54, 1.807) is 0 Å². The number of aromatic nitrogens is 1. The van der Waals surface area contributed by atoms with Gasteiger partial charge in [0.15, 0.2) is 0 Å². The second-order valence-corrected chi connectivity index (χ2v) is 10.3. The van der Waals surface area contributed by atoms with Gasteiger partial charge in [-0.1, -0.05) is 24.3 Å². The van der Waals surface area contributed by atoms with E-state index in [4.69, 9.17) is 34.4 Å². The number of para-hydroxylation sites is 1. The highest BCUT2D eigenvalue weighted by atomic mass is 19.4. The Hall–Kier alpha value is -4.13. The van der Waals surface area contributed by atoms with Crippen LogP contribution in [0.2, 0.25) is 0 Å². The molecule has 10 nitrogen and oxygen atoms in total. The van der Waals surface area contributed by atoms with Crippen LogP contribution >= 0.6 is 0 Å². The maximum atomic E-state index is 10.6. The van der Waals surface area contributed by atoms with E-state index in [0.29, 0.717) is 12.1 Å². The number of alkyl halides is 9. The minimum Gasteiger partial charge on any atom is -0.487 e. The first-order valence-corrected chi connectivity index (χ1v) is 13.5. The molecule has 1 spiro atoms. The number of likely N-dealkylation sites (tertiary alicyclic amines) is 1. The van der Waals surface area contributed by atoms with Crippen molar-refractivity contribution < 1.29 is 74.0 Å². The molecule has 1 fully saturated rings. The first-order valence-electron chi connectivity index (χ1n) is 13.5. The zero-order valence-electron chi connectivity index (χ0n) is 24.8. The van der Waals surface area contributed by atoms with Gasteiger partial charge in [-0.05, 0) is 44.9 Å². The molecule has 4 rings (SSSR count). The van der Waals surface area contributed by atoms with Crippen molar-refractivity contribution in [3.8, 4) is 5.75 Å². The van der Waals surface area contributed by atoms with Gasteiger partial charge in [-0.3, -0.25) is 4.98 Å². The van der Waals surface area contributed by atoms with E-state index >= 15 is 0 Å². The molecule has 0 amide bonds. The molecule has 2 aliphatic rings. The molecule has 0 aliphatic carbocycles. The van der Waals surface area contributed by atoms with E-state index in [0.717, 1.165) is 50.3 Å². The molecule has 264 valence electrons. The second kappa shape index (κ2) is 17.1. The van der Waals surface area contributed by atoms with E-state index in [-0.39, 0.29) is 5.60 Å². The predicted octanol–water partition coefficient (Wildman–Crippen LogP) is 5.84. The second-order valence-electron chi connectivity index (χ2n) is 10.3. The lowest BCUT2D eigenvalue weighted by molar-refractivity contribution is -0.193. The van der Waals surface area contributed by atoms with Gasteiger partial charge in [0.25, 0.3) is 0 Å². The molecule has 4 N–H and O–H groups in total. The number of ether oxygens (including phenoxy) is 1. The fourth-order valence-corrected chi connectivity index (χ4v) is 4.28. The molecule has 2 aromatic rings. The summed E-state index contributed by atoms with van der Waals surface area (Å²) in [6, 6.07) is 15.5. The Morgan fingerprint density at radius 2 is 1.30 bits per heavy atom. The van der Waals surface area contributed by atoms with E-state index in [1.807, 2.05) is 18.3 Å². The number of aliphatic carboxylic acids is 3. The first-order chi connectivity index (χ1) is 21.5. The van der Waals surface area contributed by atoms with Gasteiger partial charge in [0.05, 0.1) is 5.69 Å². The van der Waals surface area contributed by atoms with Crippen molar-refractivity contribution in [1.82, 2.24) is 15.2 Å². The van der Waals surface area contributed by atoms with Crippen molar-refractivity contribution >= 4 is 17.9 Å². The van der Waals surface area contributed by atoms with Crippen molar-refractivity contribution in [3.63, 3.8) is 0 Å². The number of carboxylic acids is 3. The smallest absolute Gasteiger partial charge is 0.487 e. The van der Waals surface area contributed by atoms with Crippen molar-refractivity contribution in [2.45, 2.75) is 75.9 Å². The van der Waals surface area contributed by atoms with E-state index in [1.165, 1.54) is 5.56 Å². The number of hydrogen-bond acceptors (Lipinski definition) is 7. The van der Waals surface area contributed by atoms with Crippen molar-refractivity contribution in [2.75, 3.05) is 13.1 Å². The predicted molar refractivity (Wildman–Crippen MR) is 145 cm³/mol. The summed E-state index contributed by atoms with van der Waals surface area (Å²) in [5.74, 6) is -7.22. The number of nitrogens with zero attached hydrogens (tertiary/aromatic N) is 2. The van der Waals surface area contributed by atoms with Crippen LogP contribution in [-0.4, -0.2) is 86.4 Å². The number of pyridine rings is 1. The molecule has 1 atom stereocenters. The molecule has 3 heterocycles. The molecular weight excluding hydrogens is 661 g/mol. The summed E-state index contributed by atoms with van der Waals surface area (Å²) in [6.45, 7) is 7.59. The third-order valence-corrected chi connectivity index (χ3v) is 6.62. The van der Waals surface area contributed by atoms with E-state index < -0.39 is 36.4 Å². The minimum absolute atomic E-state index is 0.0402. The fourth-order valence-electron chi connectivity index (χ4n) is 4.28. The minimum atomic E-state index is -5.08. The molecule has 2 aliphatic heterocycles. The molecule has 0 bridgehead atoms. The Balaban J connectivity index is 0.000000430. The van der Waals surface area contributed by atoms with E-state index in [2.05, 4.69) is 59.4 Å². The van der Waals surface area contributed by atoms with Crippen LogP contribution in [0, 0.1) is 0 Å². The summed E-state index contributed by atoms with van der Waals surface area (Å²) in [4.78, 5) is 33.7. The molecule has 0 saturated carbocycles. The van der Waals surface area contributed by atoms with Crippen LogP contribution in [0.15, 0.2) is 48.7 Å². The van der Waals surface area contributed by atoms with Gasteiger partial charge in [-0.15, -0.1) is 0 Å². The van der Waals surface area contributed by atoms with Gasteiger partial charge in [0.1, 0.15) is 11.4 Å². The lowest BCUT2D eigenvalue weighted by Crippen LogP contribution is -2.53. The lowest BCUT2D eigenvalue weighted by Gasteiger charge is -2.48. The topological polar surface area (TPSA) is 149 Å². The Morgan fingerprint density at radius 1 is 0.851 bits per heavy atom. The molecule has 1 saturated heterocycles. The highest BCUT2D eigenvalue weighted by Gasteiger charge is 2.43. The number of benzene rings is 1. The normalized spacial score (nSPS) is 17.3. The number of halogens is 9. The Labute approximate surface area is 262 Å². The summed E-state index contributed by atoms with van der Waals surface area (Å²) in [6.07, 6.45) is -10.2. The number of carboxylic acid groups (broad SMARTS) is 3. The van der Waals surface area contributed by atoms with Gasteiger partial charge in [-0.25, -0.2) is 14.4 Å². The lowest BCUT2D eigenvalue weighted by atomic mass is 9.80. The quantitative estimate of drug-likeness (QED) is 0.288. The fraction of sp³-hybridized carbons (Fsp3) is 0.500. The third kappa shape index (κ3) is 14.4. The van der Waals surface area contributed by atoms with Gasteiger partial charge in [0.2, 0.25) is 0 Å². The largest absolute Gasteiger partial charge is 0.490 e. The molecule has 1 aromatic carbocycles. The first kappa shape index (κ1) is 40.9. The zero-order chi connectivity index (χ0) is 36.2. The van der Waals surface area contributed by atoms with E-state index in [9.17, 15) is 39.5 Å². The number of carbonyl (C=O) groups is 3. The maximum absolute atomic E-state index is 10.6. The van der Waals surface area contributed by atoms with Gasteiger partial charge in [0, 0.05) is 49.9 Å². The number of piperidine rings is 1. The molecule has 0 radical (unpaired) electrons. The van der Waals surface area contributed by atoms with Crippen LogP contribution in [0.25, 0.3) is 0 Å². The summed E-state index contributed by atoms with van der Waals surface area (Å²) in [5, 5.41) is 25.1.